The van der Waals surface area contributed by atoms with Crippen LogP contribution in [0.4, 0.5) is 5.69 Å². The zero-order valence-electron chi connectivity index (χ0n) is 11.1. The van der Waals surface area contributed by atoms with Crippen molar-refractivity contribution in [3.8, 4) is 17.3 Å². The van der Waals surface area contributed by atoms with Gasteiger partial charge in [0.15, 0.2) is 0 Å². The van der Waals surface area contributed by atoms with E-state index in [0.717, 1.165) is 11.1 Å². The fourth-order valence-electron chi connectivity index (χ4n) is 1.96. The summed E-state index contributed by atoms with van der Waals surface area (Å²) in [6, 6.07) is 9.33. The first-order chi connectivity index (χ1) is 9.62. The quantitative estimate of drug-likeness (QED) is 0.857. The lowest BCUT2D eigenvalue weighted by molar-refractivity contribution is 0.620. The first-order valence-electron chi connectivity index (χ1n) is 6.22. The van der Waals surface area contributed by atoms with Crippen LogP contribution in [0, 0.1) is 11.3 Å². The number of nitriles is 1. The second-order valence-corrected chi connectivity index (χ2v) is 4.27. The Hall–Kier alpha value is -2.65. The van der Waals surface area contributed by atoms with Gasteiger partial charge in [0.1, 0.15) is 23.0 Å². The van der Waals surface area contributed by atoms with Crippen molar-refractivity contribution in [2.75, 3.05) is 5.73 Å². The summed E-state index contributed by atoms with van der Waals surface area (Å²) < 4.78 is 1.25. The van der Waals surface area contributed by atoms with Crippen LogP contribution in [-0.2, 0) is 13.1 Å². The highest BCUT2D eigenvalue weighted by Crippen LogP contribution is 2.23. The molecule has 2 rings (SSSR count). The maximum Gasteiger partial charge on any atom is 0.291 e. The SMILES string of the molecule is CCn1nc(-c2cccc(CN)c2)c(C#N)c(N)c1=O. The smallest absolute Gasteiger partial charge is 0.291 e. The van der Waals surface area contributed by atoms with Crippen molar-refractivity contribution in [2.24, 2.45) is 5.73 Å². The molecule has 0 amide bonds. The lowest BCUT2D eigenvalue weighted by Gasteiger charge is -2.10. The van der Waals surface area contributed by atoms with E-state index in [2.05, 4.69) is 5.10 Å². The van der Waals surface area contributed by atoms with Gasteiger partial charge in [0.05, 0.1) is 0 Å². The van der Waals surface area contributed by atoms with Crippen LogP contribution < -0.4 is 17.0 Å². The topological polar surface area (TPSA) is 111 Å². The normalized spacial score (nSPS) is 10.2. The standard InChI is InChI=1S/C14H15N5O/c1-2-19-14(20)12(17)11(8-16)13(18-19)10-5-3-4-9(6-10)7-15/h3-6H,2,7,15,17H2,1H3. The molecule has 0 aliphatic carbocycles. The molecule has 0 spiro atoms. The average molecular weight is 269 g/mol. The average Bonchev–Trinajstić information content (AvgIpc) is 2.49. The van der Waals surface area contributed by atoms with Gasteiger partial charge in [-0.05, 0) is 18.6 Å². The van der Waals surface area contributed by atoms with Crippen molar-refractivity contribution >= 4 is 5.69 Å². The van der Waals surface area contributed by atoms with Crippen molar-refractivity contribution in [3.63, 3.8) is 0 Å². The van der Waals surface area contributed by atoms with Crippen LogP contribution in [0.2, 0.25) is 0 Å². The molecule has 20 heavy (non-hydrogen) atoms. The van der Waals surface area contributed by atoms with Crippen LogP contribution in [-0.4, -0.2) is 9.78 Å². The summed E-state index contributed by atoms with van der Waals surface area (Å²) in [6.07, 6.45) is 0. The third-order valence-electron chi connectivity index (χ3n) is 3.04. The Bertz CT molecular complexity index is 742. The Morgan fingerprint density at radius 1 is 1.45 bits per heavy atom. The summed E-state index contributed by atoms with van der Waals surface area (Å²) in [7, 11) is 0. The van der Waals surface area contributed by atoms with Crippen LogP contribution in [0.15, 0.2) is 29.1 Å². The van der Waals surface area contributed by atoms with Gasteiger partial charge < -0.3 is 11.5 Å². The van der Waals surface area contributed by atoms with Gasteiger partial charge in [-0.1, -0.05) is 18.2 Å². The number of anilines is 1. The van der Waals surface area contributed by atoms with E-state index in [1.54, 1.807) is 6.92 Å². The minimum atomic E-state index is -0.442. The molecular formula is C14H15N5O. The van der Waals surface area contributed by atoms with Crippen molar-refractivity contribution in [2.45, 2.75) is 20.0 Å². The highest BCUT2D eigenvalue weighted by molar-refractivity contribution is 5.72. The molecule has 0 unspecified atom stereocenters. The van der Waals surface area contributed by atoms with E-state index in [1.807, 2.05) is 30.3 Å². The second-order valence-electron chi connectivity index (χ2n) is 4.27. The summed E-state index contributed by atoms with van der Waals surface area (Å²) in [5, 5.41) is 13.5. The van der Waals surface area contributed by atoms with Crippen molar-refractivity contribution in [1.82, 2.24) is 9.78 Å². The van der Waals surface area contributed by atoms with Crippen LogP contribution in [0.25, 0.3) is 11.3 Å². The first-order valence-corrected chi connectivity index (χ1v) is 6.22. The molecule has 0 bridgehead atoms. The molecule has 1 heterocycles. The van der Waals surface area contributed by atoms with Crippen LogP contribution >= 0.6 is 0 Å². The molecule has 1 aromatic carbocycles. The Labute approximate surface area is 116 Å². The maximum absolute atomic E-state index is 11.9. The molecule has 0 aliphatic heterocycles. The molecule has 1 aromatic heterocycles. The van der Waals surface area contributed by atoms with Gasteiger partial charge >= 0.3 is 0 Å². The molecule has 0 atom stereocenters. The molecule has 4 N–H and O–H groups in total. The summed E-state index contributed by atoms with van der Waals surface area (Å²) >= 11 is 0. The van der Waals surface area contributed by atoms with E-state index in [-0.39, 0.29) is 11.3 Å². The predicted octanol–water partition coefficient (Wildman–Crippen LogP) is 0.843. The number of hydrogen-bond acceptors (Lipinski definition) is 5. The van der Waals surface area contributed by atoms with Gasteiger partial charge in [0, 0.05) is 18.7 Å². The Morgan fingerprint density at radius 3 is 2.80 bits per heavy atom. The summed E-state index contributed by atoms with van der Waals surface area (Å²) in [5.74, 6) is 0. The summed E-state index contributed by atoms with van der Waals surface area (Å²) in [6.45, 7) is 2.57. The van der Waals surface area contributed by atoms with Crippen molar-refractivity contribution in [3.05, 3.63) is 45.7 Å². The number of nitrogens with zero attached hydrogens (tertiary/aromatic N) is 3. The van der Waals surface area contributed by atoms with Crippen molar-refractivity contribution in [1.29, 1.82) is 5.26 Å². The van der Waals surface area contributed by atoms with Crippen LogP contribution in [0.5, 0.6) is 0 Å². The van der Waals surface area contributed by atoms with E-state index >= 15 is 0 Å². The minimum absolute atomic E-state index is 0.0718. The molecule has 6 nitrogen and oxygen atoms in total. The Kier molecular flexibility index (Phi) is 3.82. The summed E-state index contributed by atoms with van der Waals surface area (Å²) in [5.41, 5.74) is 13.0. The van der Waals surface area contributed by atoms with Crippen LogP contribution in [0.1, 0.15) is 18.1 Å². The lowest BCUT2D eigenvalue weighted by Crippen LogP contribution is -2.26. The van der Waals surface area contributed by atoms with E-state index in [1.165, 1.54) is 4.68 Å². The number of aromatic nitrogens is 2. The number of benzene rings is 1. The van der Waals surface area contributed by atoms with E-state index in [9.17, 15) is 10.1 Å². The Morgan fingerprint density at radius 2 is 2.20 bits per heavy atom. The van der Waals surface area contributed by atoms with Crippen LogP contribution in [0.3, 0.4) is 0 Å². The van der Waals surface area contributed by atoms with Crippen molar-refractivity contribution < 1.29 is 0 Å². The van der Waals surface area contributed by atoms with E-state index < -0.39 is 5.56 Å². The summed E-state index contributed by atoms with van der Waals surface area (Å²) in [4.78, 5) is 11.9. The zero-order chi connectivity index (χ0) is 14.7. The molecule has 2 aromatic rings. The lowest BCUT2D eigenvalue weighted by atomic mass is 10.0. The highest BCUT2D eigenvalue weighted by Gasteiger charge is 2.16. The largest absolute Gasteiger partial charge is 0.393 e. The van der Waals surface area contributed by atoms with Gasteiger partial charge in [-0.2, -0.15) is 10.4 Å². The molecule has 0 radical (unpaired) electrons. The van der Waals surface area contributed by atoms with Gasteiger partial charge in [-0.25, -0.2) is 4.68 Å². The minimum Gasteiger partial charge on any atom is -0.393 e. The molecule has 0 saturated carbocycles. The van der Waals surface area contributed by atoms with E-state index in [0.29, 0.717) is 18.8 Å². The number of aryl methyl sites for hydroxylation is 1. The maximum atomic E-state index is 11.9. The second kappa shape index (κ2) is 5.55. The van der Waals surface area contributed by atoms with E-state index in [4.69, 9.17) is 11.5 Å². The fourth-order valence-corrected chi connectivity index (χ4v) is 1.96. The molecule has 102 valence electrons. The molecular weight excluding hydrogens is 254 g/mol. The van der Waals surface area contributed by atoms with Gasteiger partial charge in [-0.15, -0.1) is 0 Å². The molecule has 0 aliphatic rings. The molecule has 0 fully saturated rings. The fraction of sp³-hybridized carbons (Fsp3) is 0.214. The monoisotopic (exact) mass is 269 g/mol. The highest BCUT2D eigenvalue weighted by atomic mass is 16.1. The zero-order valence-corrected chi connectivity index (χ0v) is 11.1. The molecule has 0 saturated heterocycles. The third kappa shape index (κ3) is 2.27. The van der Waals surface area contributed by atoms with Gasteiger partial charge in [-0.3, -0.25) is 4.79 Å². The first kappa shape index (κ1) is 13.8. The third-order valence-corrected chi connectivity index (χ3v) is 3.04. The number of rotatable bonds is 3. The van der Waals surface area contributed by atoms with Gasteiger partial charge in [0.25, 0.3) is 5.56 Å². The Balaban J connectivity index is 2.76. The predicted molar refractivity (Wildman–Crippen MR) is 76.6 cm³/mol. The number of nitrogens with two attached hydrogens (primary N) is 2. The number of nitrogen functional groups attached to an aromatic ring is 1. The van der Waals surface area contributed by atoms with Gasteiger partial charge in [0.2, 0.25) is 0 Å². The molecule has 6 heteroatoms. The number of hydrogen-bond donors (Lipinski definition) is 2.